The highest BCUT2D eigenvalue weighted by Gasteiger charge is 2.68. The lowest BCUT2D eigenvalue weighted by Gasteiger charge is -2.68. The van der Waals surface area contributed by atoms with Gasteiger partial charge in [0.05, 0.1) is 6.10 Å². The van der Waals surface area contributed by atoms with Crippen molar-refractivity contribution in [3.8, 4) is 0 Å². The minimum Gasteiger partial charge on any atom is -0.478 e. The third-order valence-electron chi connectivity index (χ3n) is 11.9. The first kappa shape index (κ1) is 27.4. The van der Waals surface area contributed by atoms with Crippen molar-refractivity contribution < 1.29 is 24.5 Å². The van der Waals surface area contributed by atoms with E-state index in [0.717, 1.165) is 49.7 Å². The van der Waals surface area contributed by atoms with E-state index < -0.39 is 12.1 Å². The number of nitrogens with two attached hydrogens (primary N) is 1. The molecule has 0 saturated heterocycles. The second-order valence-electron chi connectivity index (χ2n) is 13.4. The maximum absolute atomic E-state index is 12.8. The van der Waals surface area contributed by atoms with E-state index in [1.54, 1.807) is 0 Å². The molecule has 0 spiro atoms. The Bertz CT molecular complexity index is 1120. The molecule has 6 nitrogen and oxygen atoms in total. The van der Waals surface area contributed by atoms with Crippen LogP contribution in [0.5, 0.6) is 0 Å². The first-order valence-electron chi connectivity index (χ1n) is 14.5. The monoisotopic (exact) mass is 523 g/mol. The number of benzene rings is 1. The van der Waals surface area contributed by atoms with E-state index in [9.17, 15) is 19.8 Å². The number of carbonyl (C=O) groups excluding carboxylic acids is 1. The van der Waals surface area contributed by atoms with Crippen LogP contribution in [0, 0.1) is 39.9 Å². The third-order valence-corrected chi connectivity index (χ3v) is 11.9. The molecule has 0 heterocycles. The second kappa shape index (κ2) is 9.78. The molecule has 0 radical (unpaired) electrons. The summed E-state index contributed by atoms with van der Waals surface area (Å²) in [6.45, 7) is 9.16. The molecule has 4 saturated carbocycles. The van der Waals surface area contributed by atoms with Crippen LogP contribution < -0.4 is 5.73 Å². The Labute approximate surface area is 227 Å². The Morgan fingerprint density at radius 1 is 1.03 bits per heavy atom. The van der Waals surface area contributed by atoms with Crippen LogP contribution in [0.2, 0.25) is 0 Å². The zero-order valence-electron chi connectivity index (χ0n) is 23.4. The van der Waals surface area contributed by atoms with Crippen LogP contribution in [0.4, 0.5) is 0 Å². The fourth-order valence-corrected chi connectivity index (χ4v) is 10.1. The number of aliphatic carboxylic acids is 1. The first-order valence-corrected chi connectivity index (χ1v) is 14.5. The molecule has 0 unspecified atom stereocenters. The van der Waals surface area contributed by atoms with Crippen LogP contribution >= 0.6 is 0 Å². The molecule has 0 aliphatic heterocycles. The minimum absolute atomic E-state index is 0.0287. The zero-order chi connectivity index (χ0) is 27.5. The maximum atomic E-state index is 12.8. The van der Waals surface area contributed by atoms with Crippen molar-refractivity contribution in [1.82, 2.24) is 0 Å². The molecule has 0 aromatic heterocycles. The molecule has 5 rings (SSSR count). The fraction of sp³-hybridized carbons (Fsp3) is 0.688. The number of hydrogen-bond acceptors (Lipinski definition) is 5. The summed E-state index contributed by atoms with van der Waals surface area (Å²) in [5.74, 6) is -0.216. The van der Waals surface area contributed by atoms with Gasteiger partial charge in [-0.05, 0) is 96.6 Å². The predicted molar refractivity (Wildman–Crippen MR) is 146 cm³/mol. The van der Waals surface area contributed by atoms with Crippen molar-refractivity contribution in [2.24, 2.45) is 45.7 Å². The van der Waals surface area contributed by atoms with Gasteiger partial charge in [0.1, 0.15) is 6.10 Å². The van der Waals surface area contributed by atoms with Crippen LogP contribution in [0.15, 0.2) is 41.5 Å². The van der Waals surface area contributed by atoms with E-state index in [0.29, 0.717) is 36.8 Å². The van der Waals surface area contributed by atoms with Crippen molar-refractivity contribution >= 4 is 11.9 Å². The number of rotatable bonds is 5. The van der Waals surface area contributed by atoms with Crippen LogP contribution in [-0.4, -0.2) is 40.9 Å². The van der Waals surface area contributed by atoms with Gasteiger partial charge in [-0.25, -0.2) is 4.79 Å². The number of carbonyl (C=O) groups is 2. The van der Waals surface area contributed by atoms with E-state index in [1.165, 1.54) is 6.92 Å². The number of esters is 1. The average Bonchev–Trinajstić information content (AvgIpc) is 3.15. The summed E-state index contributed by atoms with van der Waals surface area (Å²) < 4.78 is 5.95. The van der Waals surface area contributed by atoms with Gasteiger partial charge in [-0.15, -0.1) is 0 Å². The standard InChI is InChI=1S/C32H45NO5/c1-19(34)38-26-17-32(4)24(28(26)21(29(36)37)16-20-8-6-5-7-9-20)10-11-27-30(2)14-13-25(35)22(18-33)23(30)12-15-31(27,32)3/h5-9,22-27,35H,10-18,33H2,1-4H3,(H,36,37)/b28-21-/t22-,23-,24-,25+,26-,27-,30-,31-,32-/m0/s1. The molecule has 1 aromatic rings. The van der Waals surface area contributed by atoms with Crippen LogP contribution in [0.25, 0.3) is 0 Å². The summed E-state index contributed by atoms with van der Waals surface area (Å²) >= 11 is 0. The number of aliphatic hydroxyl groups excluding tert-OH is 1. The van der Waals surface area contributed by atoms with Gasteiger partial charge in [0.15, 0.2) is 0 Å². The van der Waals surface area contributed by atoms with Gasteiger partial charge in [-0.1, -0.05) is 51.1 Å². The Hall–Kier alpha value is -2.18. The van der Waals surface area contributed by atoms with Gasteiger partial charge in [-0.3, -0.25) is 4.79 Å². The highest BCUT2D eigenvalue weighted by molar-refractivity contribution is 5.89. The quantitative estimate of drug-likeness (QED) is 0.365. The summed E-state index contributed by atoms with van der Waals surface area (Å²) in [7, 11) is 0. The second-order valence-corrected chi connectivity index (χ2v) is 13.4. The fourth-order valence-electron chi connectivity index (χ4n) is 10.1. The topological polar surface area (TPSA) is 110 Å². The van der Waals surface area contributed by atoms with Crippen molar-refractivity contribution in [3.05, 3.63) is 47.0 Å². The highest BCUT2D eigenvalue weighted by Crippen LogP contribution is 2.74. The molecule has 0 amide bonds. The average molecular weight is 524 g/mol. The molecule has 208 valence electrons. The van der Waals surface area contributed by atoms with E-state index in [-0.39, 0.29) is 40.2 Å². The SMILES string of the molecule is CC(=O)O[C@H]1C[C@@]2(C)[C@@H](CC[C@H]3[C@@]4(C)CC[C@@H](O)[C@@H](CN)[C@@H]4CC[C@@]32C)/C1=C(\Cc1ccccc1)C(=O)O. The third kappa shape index (κ3) is 4.05. The summed E-state index contributed by atoms with van der Waals surface area (Å²) in [4.78, 5) is 25.0. The summed E-state index contributed by atoms with van der Waals surface area (Å²) in [5, 5.41) is 21.2. The molecule has 6 heteroatoms. The Balaban J connectivity index is 1.59. The Kier molecular flexibility index (Phi) is 7.05. The molecule has 1 aromatic carbocycles. The molecule has 4 fully saturated rings. The van der Waals surface area contributed by atoms with E-state index in [2.05, 4.69) is 20.8 Å². The van der Waals surface area contributed by atoms with E-state index >= 15 is 0 Å². The number of aliphatic hydroxyl groups is 1. The van der Waals surface area contributed by atoms with Crippen LogP contribution in [0.1, 0.15) is 78.2 Å². The molecule has 4 aliphatic carbocycles. The molecule has 4 aliphatic rings. The van der Waals surface area contributed by atoms with Gasteiger partial charge in [0, 0.05) is 24.8 Å². The molecule has 38 heavy (non-hydrogen) atoms. The molecular formula is C32H45NO5. The summed E-state index contributed by atoms with van der Waals surface area (Å²) in [6.07, 6.45) is 5.92. The van der Waals surface area contributed by atoms with Gasteiger partial charge in [-0.2, -0.15) is 0 Å². The number of hydrogen-bond donors (Lipinski definition) is 3. The van der Waals surface area contributed by atoms with Gasteiger partial charge in [0.2, 0.25) is 0 Å². The van der Waals surface area contributed by atoms with Crippen molar-refractivity contribution in [2.75, 3.05) is 6.54 Å². The Morgan fingerprint density at radius 2 is 1.74 bits per heavy atom. The van der Waals surface area contributed by atoms with Crippen LogP contribution in [-0.2, 0) is 20.7 Å². The number of ether oxygens (including phenoxy) is 1. The molecular weight excluding hydrogens is 478 g/mol. The van der Waals surface area contributed by atoms with E-state index in [4.69, 9.17) is 10.5 Å². The molecule has 4 N–H and O–H groups in total. The maximum Gasteiger partial charge on any atom is 0.332 e. The number of fused-ring (bicyclic) bond motifs is 5. The van der Waals surface area contributed by atoms with Crippen molar-refractivity contribution in [3.63, 3.8) is 0 Å². The Morgan fingerprint density at radius 3 is 2.37 bits per heavy atom. The minimum atomic E-state index is -0.916. The van der Waals surface area contributed by atoms with Crippen molar-refractivity contribution in [2.45, 2.75) is 91.3 Å². The van der Waals surface area contributed by atoms with Gasteiger partial charge >= 0.3 is 11.9 Å². The molecule has 9 atom stereocenters. The first-order chi connectivity index (χ1) is 18.0. The normalized spacial score (nSPS) is 43.4. The summed E-state index contributed by atoms with van der Waals surface area (Å²) in [5.41, 5.74) is 8.26. The van der Waals surface area contributed by atoms with Crippen LogP contribution in [0.3, 0.4) is 0 Å². The van der Waals surface area contributed by atoms with Gasteiger partial charge < -0.3 is 20.7 Å². The van der Waals surface area contributed by atoms with Crippen molar-refractivity contribution in [1.29, 1.82) is 0 Å². The predicted octanol–water partition coefficient (Wildman–Crippen LogP) is 5.13. The smallest absolute Gasteiger partial charge is 0.332 e. The lowest BCUT2D eigenvalue weighted by Crippen LogP contribution is -2.62. The highest BCUT2D eigenvalue weighted by atomic mass is 16.5. The number of carboxylic acid groups (broad SMARTS) is 1. The summed E-state index contributed by atoms with van der Waals surface area (Å²) in [6, 6.07) is 9.73. The largest absolute Gasteiger partial charge is 0.478 e. The number of carboxylic acids is 1. The lowest BCUT2D eigenvalue weighted by atomic mass is 9.37. The van der Waals surface area contributed by atoms with E-state index in [1.807, 2.05) is 30.3 Å². The van der Waals surface area contributed by atoms with Gasteiger partial charge in [0.25, 0.3) is 0 Å². The zero-order valence-corrected chi connectivity index (χ0v) is 23.4. The lowest BCUT2D eigenvalue weighted by molar-refractivity contribution is -0.199. The molecule has 0 bridgehead atoms.